The second-order valence-electron chi connectivity index (χ2n) is 5.48. The lowest BCUT2D eigenvalue weighted by Crippen LogP contribution is -2.38. The Morgan fingerprint density at radius 2 is 1.84 bits per heavy atom. The summed E-state index contributed by atoms with van der Waals surface area (Å²) in [5, 5.41) is 10.5. The average Bonchev–Trinajstić information content (AvgIpc) is 2.44. The normalized spacial score (nSPS) is 13.8. The van der Waals surface area contributed by atoms with Crippen LogP contribution in [0.2, 0.25) is 5.02 Å². The minimum absolute atomic E-state index is 0.00966. The van der Waals surface area contributed by atoms with E-state index in [1.54, 1.807) is 0 Å². The zero-order valence-corrected chi connectivity index (χ0v) is 13.2. The SMILES string of the molecule is CCC(CC)(CO)CN(C)C(C)c1ccccc1Cl. The van der Waals surface area contributed by atoms with E-state index in [9.17, 15) is 5.11 Å². The summed E-state index contributed by atoms with van der Waals surface area (Å²) in [6.07, 6.45) is 1.97. The molecule has 0 spiro atoms. The highest BCUT2D eigenvalue weighted by molar-refractivity contribution is 6.31. The molecule has 19 heavy (non-hydrogen) atoms. The van der Waals surface area contributed by atoms with Gasteiger partial charge in [0.25, 0.3) is 0 Å². The minimum Gasteiger partial charge on any atom is -0.396 e. The van der Waals surface area contributed by atoms with Crippen LogP contribution in [0.4, 0.5) is 0 Å². The first-order valence-electron chi connectivity index (χ1n) is 7.05. The minimum atomic E-state index is -0.00966. The highest BCUT2D eigenvalue weighted by Gasteiger charge is 2.29. The second kappa shape index (κ2) is 7.28. The van der Waals surface area contributed by atoms with Crippen molar-refractivity contribution in [2.24, 2.45) is 5.41 Å². The zero-order valence-electron chi connectivity index (χ0n) is 12.5. The van der Waals surface area contributed by atoms with Gasteiger partial charge in [-0.1, -0.05) is 43.6 Å². The summed E-state index contributed by atoms with van der Waals surface area (Å²) < 4.78 is 0. The van der Waals surface area contributed by atoms with Gasteiger partial charge in [-0.15, -0.1) is 0 Å². The van der Waals surface area contributed by atoms with Crippen molar-refractivity contribution in [3.63, 3.8) is 0 Å². The van der Waals surface area contributed by atoms with Gasteiger partial charge in [-0.3, -0.25) is 4.90 Å². The van der Waals surface area contributed by atoms with E-state index in [0.29, 0.717) is 0 Å². The van der Waals surface area contributed by atoms with Crippen LogP contribution in [0.5, 0.6) is 0 Å². The van der Waals surface area contributed by atoms with Gasteiger partial charge in [-0.2, -0.15) is 0 Å². The van der Waals surface area contributed by atoms with Gasteiger partial charge >= 0.3 is 0 Å². The number of aliphatic hydroxyl groups is 1. The van der Waals surface area contributed by atoms with Crippen LogP contribution in [-0.4, -0.2) is 30.2 Å². The molecule has 1 unspecified atom stereocenters. The molecular weight excluding hydrogens is 258 g/mol. The predicted molar refractivity (Wildman–Crippen MR) is 82.6 cm³/mol. The standard InChI is InChI=1S/C16H26ClNO/c1-5-16(6-2,12-19)11-18(4)13(3)14-9-7-8-10-15(14)17/h7-10,13,19H,5-6,11-12H2,1-4H3. The van der Waals surface area contributed by atoms with E-state index in [1.807, 2.05) is 18.2 Å². The van der Waals surface area contributed by atoms with E-state index in [2.05, 4.69) is 38.8 Å². The van der Waals surface area contributed by atoms with Gasteiger partial charge in [0.1, 0.15) is 0 Å². The van der Waals surface area contributed by atoms with E-state index < -0.39 is 0 Å². The van der Waals surface area contributed by atoms with Crippen molar-refractivity contribution in [3.8, 4) is 0 Å². The molecule has 0 fully saturated rings. The molecule has 3 heteroatoms. The molecule has 0 saturated heterocycles. The molecule has 0 amide bonds. The molecule has 0 radical (unpaired) electrons. The van der Waals surface area contributed by atoms with E-state index in [4.69, 9.17) is 11.6 Å². The van der Waals surface area contributed by atoms with Gasteiger partial charge < -0.3 is 5.11 Å². The van der Waals surface area contributed by atoms with E-state index >= 15 is 0 Å². The number of rotatable bonds is 7. The molecule has 2 nitrogen and oxygen atoms in total. The van der Waals surface area contributed by atoms with Gasteiger partial charge in [0.2, 0.25) is 0 Å². The van der Waals surface area contributed by atoms with E-state index in [1.165, 1.54) is 0 Å². The molecular formula is C16H26ClNO. The molecule has 0 heterocycles. The number of hydrogen-bond acceptors (Lipinski definition) is 2. The average molecular weight is 284 g/mol. The van der Waals surface area contributed by atoms with E-state index in [-0.39, 0.29) is 18.1 Å². The predicted octanol–water partition coefficient (Wildman–Crippen LogP) is 4.13. The third-order valence-corrected chi connectivity index (χ3v) is 4.78. The number of hydrogen-bond donors (Lipinski definition) is 1. The molecule has 0 aliphatic heterocycles. The molecule has 0 saturated carbocycles. The number of benzene rings is 1. The Morgan fingerprint density at radius 3 is 2.32 bits per heavy atom. The van der Waals surface area contributed by atoms with Gasteiger partial charge in [-0.05, 0) is 38.4 Å². The Kier molecular flexibility index (Phi) is 6.31. The Bertz CT molecular complexity index is 382. The third-order valence-electron chi connectivity index (χ3n) is 4.44. The Balaban J connectivity index is 2.83. The monoisotopic (exact) mass is 283 g/mol. The fourth-order valence-electron chi connectivity index (χ4n) is 2.46. The van der Waals surface area contributed by atoms with E-state index in [0.717, 1.165) is 30.0 Å². The molecule has 1 rings (SSSR count). The number of nitrogens with zero attached hydrogens (tertiary/aromatic N) is 1. The summed E-state index contributed by atoms with van der Waals surface area (Å²) in [6, 6.07) is 8.22. The summed E-state index contributed by atoms with van der Waals surface area (Å²) in [7, 11) is 2.10. The summed E-state index contributed by atoms with van der Waals surface area (Å²) >= 11 is 6.26. The first kappa shape index (κ1) is 16.5. The Labute approximate surface area is 122 Å². The quantitative estimate of drug-likeness (QED) is 0.813. The molecule has 0 aliphatic carbocycles. The number of aliphatic hydroxyl groups excluding tert-OH is 1. The number of halogens is 1. The molecule has 0 aromatic heterocycles. The lowest BCUT2D eigenvalue weighted by molar-refractivity contribution is 0.0623. The van der Waals surface area contributed by atoms with Crippen LogP contribution in [0.1, 0.15) is 45.2 Å². The van der Waals surface area contributed by atoms with Gasteiger partial charge in [0.15, 0.2) is 0 Å². The molecule has 1 atom stereocenters. The summed E-state index contributed by atoms with van der Waals surface area (Å²) in [6.45, 7) is 7.57. The van der Waals surface area contributed by atoms with Crippen molar-refractivity contribution in [3.05, 3.63) is 34.9 Å². The fourth-order valence-corrected chi connectivity index (χ4v) is 2.76. The second-order valence-corrected chi connectivity index (χ2v) is 5.89. The zero-order chi connectivity index (χ0) is 14.5. The fraction of sp³-hybridized carbons (Fsp3) is 0.625. The molecule has 108 valence electrons. The van der Waals surface area contributed by atoms with Crippen molar-refractivity contribution in [1.29, 1.82) is 0 Å². The molecule has 0 aliphatic rings. The maximum atomic E-state index is 9.68. The smallest absolute Gasteiger partial charge is 0.0499 e. The van der Waals surface area contributed by atoms with Crippen molar-refractivity contribution in [2.75, 3.05) is 20.2 Å². The van der Waals surface area contributed by atoms with Crippen LogP contribution in [0.15, 0.2) is 24.3 Å². The molecule has 1 N–H and O–H groups in total. The van der Waals surface area contributed by atoms with Gasteiger partial charge in [0.05, 0.1) is 0 Å². The van der Waals surface area contributed by atoms with Crippen LogP contribution in [0.3, 0.4) is 0 Å². The largest absolute Gasteiger partial charge is 0.396 e. The van der Waals surface area contributed by atoms with Crippen LogP contribution < -0.4 is 0 Å². The van der Waals surface area contributed by atoms with Crippen LogP contribution in [-0.2, 0) is 0 Å². The van der Waals surface area contributed by atoms with Crippen LogP contribution in [0.25, 0.3) is 0 Å². The third kappa shape index (κ3) is 3.95. The molecule has 1 aromatic rings. The Hall–Kier alpha value is -0.570. The van der Waals surface area contributed by atoms with Crippen molar-refractivity contribution >= 4 is 11.6 Å². The van der Waals surface area contributed by atoms with Crippen LogP contribution >= 0.6 is 11.6 Å². The van der Waals surface area contributed by atoms with Crippen LogP contribution in [0, 0.1) is 5.41 Å². The summed E-state index contributed by atoms with van der Waals surface area (Å²) in [5.74, 6) is 0. The molecule has 1 aromatic carbocycles. The maximum absolute atomic E-state index is 9.68. The maximum Gasteiger partial charge on any atom is 0.0499 e. The van der Waals surface area contributed by atoms with Crippen molar-refractivity contribution in [2.45, 2.75) is 39.7 Å². The topological polar surface area (TPSA) is 23.5 Å². The van der Waals surface area contributed by atoms with Crippen molar-refractivity contribution < 1.29 is 5.11 Å². The van der Waals surface area contributed by atoms with Crippen molar-refractivity contribution in [1.82, 2.24) is 4.90 Å². The van der Waals surface area contributed by atoms with Gasteiger partial charge in [-0.25, -0.2) is 0 Å². The van der Waals surface area contributed by atoms with Gasteiger partial charge in [0, 0.05) is 29.6 Å². The first-order valence-corrected chi connectivity index (χ1v) is 7.43. The highest BCUT2D eigenvalue weighted by atomic mass is 35.5. The lowest BCUT2D eigenvalue weighted by Gasteiger charge is -2.37. The Morgan fingerprint density at radius 1 is 1.26 bits per heavy atom. The molecule has 0 bridgehead atoms. The summed E-state index contributed by atoms with van der Waals surface area (Å²) in [4.78, 5) is 2.28. The summed E-state index contributed by atoms with van der Waals surface area (Å²) in [5.41, 5.74) is 1.13. The first-order chi connectivity index (χ1) is 8.99. The lowest BCUT2D eigenvalue weighted by atomic mass is 9.82. The highest BCUT2D eigenvalue weighted by Crippen LogP contribution is 2.32.